The number of sulfone groups is 1. The molecule has 11 heavy (non-hydrogen) atoms. The molecule has 0 aliphatic rings. The van der Waals surface area contributed by atoms with Gasteiger partial charge in [-0.05, 0) is 0 Å². The maximum Gasteiger partial charge on any atom is 0.213 e. The van der Waals surface area contributed by atoms with E-state index in [1.54, 1.807) is 0 Å². The highest BCUT2D eigenvalue weighted by molar-refractivity contribution is 7.95. The van der Waals surface area contributed by atoms with Crippen LogP contribution in [0, 0.1) is 0 Å². The summed E-state index contributed by atoms with van der Waals surface area (Å²) in [5, 5.41) is 16.9. The van der Waals surface area contributed by atoms with E-state index in [4.69, 9.17) is 10.4 Å². The Labute approximate surface area is 65.6 Å². The van der Waals surface area contributed by atoms with Crippen LogP contribution in [0.3, 0.4) is 0 Å². The van der Waals surface area contributed by atoms with Crippen molar-refractivity contribution in [2.24, 2.45) is 0 Å². The smallest absolute Gasteiger partial charge is 0.213 e. The average Bonchev–Trinajstić information content (AvgIpc) is 2.00. The van der Waals surface area contributed by atoms with Gasteiger partial charge in [-0.2, -0.15) is 0 Å². The van der Waals surface area contributed by atoms with Crippen molar-refractivity contribution in [1.82, 2.24) is 0 Å². The lowest BCUT2D eigenvalue weighted by Crippen LogP contribution is -2.00. The van der Waals surface area contributed by atoms with Crippen molar-refractivity contribution < 1.29 is 27.3 Å². The van der Waals surface area contributed by atoms with Crippen LogP contribution in [0.5, 0.6) is 0 Å². The van der Waals surface area contributed by atoms with Gasteiger partial charge in [0.1, 0.15) is 5.94 Å². The van der Waals surface area contributed by atoms with E-state index in [-0.39, 0.29) is 0 Å². The molecule has 0 spiro atoms. The summed E-state index contributed by atoms with van der Waals surface area (Å²) in [7, 11) is -3.73. The third-order valence-corrected chi connectivity index (χ3v) is 2.22. The number of aliphatic hydroxyl groups is 1. The number of hydrogen-bond acceptors (Lipinski definition) is 6. The number of hydrogen-bond donors (Lipinski definition) is 2. The van der Waals surface area contributed by atoms with Crippen molar-refractivity contribution in [2.75, 3.05) is 5.94 Å². The van der Waals surface area contributed by atoms with Crippen LogP contribution in [0.2, 0.25) is 0 Å². The highest BCUT2D eigenvalue weighted by atomic mass is 32.2. The van der Waals surface area contributed by atoms with E-state index in [1.807, 2.05) is 0 Å². The molecule has 0 aromatic heterocycles. The van der Waals surface area contributed by atoms with E-state index in [1.165, 1.54) is 0 Å². The molecule has 8 heteroatoms. The largest absolute Gasteiger partial charge is 0.380 e. The van der Waals surface area contributed by atoms with E-state index in [9.17, 15) is 12.6 Å². The normalized spacial score (nSPS) is 15.5. The Morgan fingerprint density at radius 1 is 1.55 bits per heavy atom. The Bertz CT molecular complexity index is 251. The molecule has 0 heterocycles. The quantitative estimate of drug-likeness (QED) is 0.447. The molecule has 0 aromatic carbocycles. The summed E-state index contributed by atoms with van der Waals surface area (Å²) in [6, 6.07) is 0. The van der Waals surface area contributed by atoms with Gasteiger partial charge < -0.3 is 5.11 Å². The molecule has 0 aromatic rings. The molecule has 1 atom stereocenters. The molecular weight excluding hydrogens is 196 g/mol. The molecule has 0 radical (unpaired) electrons. The summed E-state index contributed by atoms with van der Waals surface area (Å²) < 4.78 is 34.2. The first-order valence-electron chi connectivity index (χ1n) is 2.26. The zero-order valence-electron chi connectivity index (χ0n) is 5.21. The average molecular weight is 202 g/mol. The fraction of sp³-hybridized carbons (Fsp3) is 0.333. The molecule has 0 rings (SSSR count). The van der Waals surface area contributed by atoms with Crippen LogP contribution in [0.1, 0.15) is 0 Å². The molecular formula is C3H6O6S2. The summed E-state index contributed by atoms with van der Waals surface area (Å²) in [6.07, 6.45) is 0. The van der Waals surface area contributed by atoms with Crippen LogP contribution < -0.4 is 0 Å². The molecule has 6 nitrogen and oxygen atoms in total. The van der Waals surface area contributed by atoms with Gasteiger partial charge in [-0.25, -0.2) is 17.9 Å². The Morgan fingerprint density at radius 3 is 2.45 bits per heavy atom. The highest BCUT2D eigenvalue weighted by Crippen LogP contribution is 1.92. The van der Waals surface area contributed by atoms with Gasteiger partial charge in [0.05, 0.1) is 0 Å². The molecule has 0 amide bonds. The van der Waals surface area contributed by atoms with Crippen LogP contribution in [-0.2, 0) is 25.3 Å². The summed E-state index contributed by atoms with van der Waals surface area (Å²) in [6.45, 7) is 0. The lowest BCUT2D eigenvalue weighted by atomic mass is 11.3. The SMILES string of the molecule is O=S(/C=C/S(=O)(=O)CO)OO. The highest BCUT2D eigenvalue weighted by Gasteiger charge is 2.02. The second kappa shape index (κ2) is 4.57. The molecule has 0 aliphatic heterocycles. The summed E-state index contributed by atoms with van der Waals surface area (Å²) >= 11 is -2.19. The van der Waals surface area contributed by atoms with Crippen LogP contribution in [0.25, 0.3) is 0 Å². The van der Waals surface area contributed by atoms with Gasteiger partial charge in [0, 0.05) is 10.8 Å². The van der Waals surface area contributed by atoms with Crippen LogP contribution in [-0.4, -0.2) is 28.9 Å². The number of rotatable bonds is 4. The lowest BCUT2D eigenvalue weighted by molar-refractivity contribution is -0.122. The van der Waals surface area contributed by atoms with Gasteiger partial charge in [-0.3, -0.25) is 0 Å². The Hall–Kier alpha value is -0.280. The molecule has 0 bridgehead atoms. The van der Waals surface area contributed by atoms with Crippen molar-refractivity contribution in [1.29, 1.82) is 0 Å². The van der Waals surface area contributed by atoms with Gasteiger partial charge >= 0.3 is 0 Å². The van der Waals surface area contributed by atoms with Crippen LogP contribution in [0.15, 0.2) is 10.8 Å². The van der Waals surface area contributed by atoms with Gasteiger partial charge in [-0.15, -0.1) is 4.33 Å². The molecule has 1 unspecified atom stereocenters. The first-order chi connectivity index (χ1) is 5.02. The van der Waals surface area contributed by atoms with Crippen molar-refractivity contribution in [3.05, 3.63) is 10.8 Å². The third-order valence-electron chi connectivity index (χ3n) is 0.627. The zero-order chi connectivity index (χ0) is 8.91. The first-order valence-corrected chi connectivity index (χ1v) is 5.11. The summed E-state index contributed by atoms with van der Waals surface area (Å²) in [5.41, 5.74) is 0. The molecule has 66 valence electrons. The van der Waals surface area contributed by atoms with Crippen LogP contribution in [0.4, 0.5) is 0 Å². The zero-order valence-corrected chi connectivity index (χ0v) is 6.84. The first kappa shape index (κ1) is 10.7. The van der Waals surface area contributed by atoms with Crippen molar-refractivity contribution in [3.63, 3.8) is 0 Å². The molecule has 0 saturated carbocycles. The number of aliphatic hydroxyl groups excluding tert-OH is 1. The van der Waals surface area contributed by atoms with Gasteiger partial charge in [-0.1, -0.05) is 0 Å². The summed E-state index contributed by atoms with van der Waals surface area (Å²) in [5.74, 6) is -1.08. The minimum Gasteiger partial charge on any atom is -0.380 e. The Balaban J connectivity index is 4.26. The maximum absolute atomic E-state index is 10.4. The second-order valence-corrected chi connectivity index (χ2v) is 4.20. The fourth-order valence-electron chi connectivity index (χ4n) is 0.198. The van der Waals surface area contributed by atoms with Crippen LogP contribution >= 0.6 is 0 Å². The Kier molecular flexibility index (Phi) is 4.45. The molecule has 0 aliphatic carbocycles. The van der Waals surface area contributed by atoms with Crippen molar-refractivity contribution >= 4 is 20.9 Å². The standard InChI is InChI=1S/C3H6O6S2/c4-3-11(7,8)2-1-10(6)9-5/h1-2,4-5H,3H2/b2-1+. The molecule has 0 saturated heterocycles. The predicted molar refractivity (Wildman–Crippen MR) is 37.0 cm³/mol. The van der Waals surface area contributed by atoms with Gasteiger partial charge in [0.25, 0.3) is 0 Å². The van der Waals surface area contributed by atoms with E-state index in [2.05, 4.69) is 4.33 Å². The third kappa shape index (κ3) is 5.04. The Morgan fingerprint density at radius 2 is 2.09 bits per heavy atom. The fourth-order valence-corrected chi connectivity index (χ4v) is 1.37. The minimum atomic E-state index is -3.73. The van der Waals surface area contributed by atoms with E-state index < -0.39 is 26.9 Å². The molecule has 2 N–H and O–H groups in total. The minimum absolute atomic E-state index is 0.485. The van der Waals surface area contributed by atoms with Crippen molar-refractivity contribution in [2.45, 2.75) is 0 Å². The lowest BCUT2D eigenvalue weighted by Gasteiger charge is -1.88. The van der Waals surface area contributed by atoms with Crippen molar-refractivity contribution in [3.8, 4) is 0 Å². The van der Waals surface area contributed by atoms with Gasteiger partial charge in [0.15, 0.2) is 9.84 Å². The monoisotopic (exact) mass is 202 g/mol. The van der Waals surface area contributed by atoms with Gasteiger partial charge in [0.2, 0.25) is 11.1 Å². The summed E-state index contributed by atoms with van der Waals surface area (Å²) in [4.78, 5) is 0. The topological polar surface area (TPSA) is 101 Å². The second-order valence-electron chi connectivity index (χ2n) is 1.40. The molecule has 0 fully saturated rings. The van der Waals surface area contributed by atoms with E-state index >= 15 is 0 Å². The maximum atomic E-state index is 10.4. The van der Waals surface area contributed by atoms with E-state index in [0.717, 1.165) is 0 Å². The van der Waals surface area contributed by atoms with E-state index in [0.29, 0.717) is 10.8 Å². The predicted octanol–water partition coefficient (Wildman–Crippen LogP) is -1.02.